The van der Waals surface area contributed by atoms with Crippen LogP contribution in [0, 0.1) is 0 Å². The lowest BCUT2D eigenvalue weighted by molar-refractivity contribution is 0.0696. The molecule has 2 N–H and O–H groups in total. The third-order valence-electron chi connectivity index (χ3n) is 3.96. The van der Waals surface area contributed by atoms with E-state index in [1.54, 1.807) is 36.4 Å². The zero-order chi connectivity index (χ0) is 18.5. The number of phenolic OH excluding ortho intramolecular Hbond substituents is 1. The number of allylic oxidation sites excluding steroid dienone is 1. The summed E-state index contributed by atoms with van der Waals surface area (Å²) >= 11 is 0. The maximum atomic E-state index is 12.3. The molecule has 128 valence electrons. The minimum absolute atomic E-state index is 0.0813. The van der Waals surface area contributed by atoms with Gasteiger partial charge in [-0.1, -0.05) is 54.6 Å². The quantitative estimate of drug-likeness (QED) is 0.522. The van der Waals surface area contributed by atoms with E-state index >= 15 is 0 Å². The van der Waals surface area contributed by atoms with Crippen molar-refractivity contribution in [3.8, 4) is 16.9 Å². The molecule has 4 heteroatoms. The Kier molecular flexibility index (Phi) is 4.94. The van der Waals surface area contributed by atoms with E-state index in [-0.39, 0.29) is 22.7 Å². The number of aromatic carboxylic acids is 1. The lowest BCUT2D eigenvalue weighted by atomic mass is 10.0. The molecule has 0 aliphatic heterocycles. The molecule has 3 rings (SSSR count). The average Bonchev–Trinajstić information content (AvgIpc) is 2.67. The molecule has 0 aromatic heterocycles. The van der Waals surface area contributed by atoms with Gasteiger partial charge in [0.1, 0.15) is 5.75 Å². The molecule has 0 aliphatic rings. The first-order valence-corrected chi connectivity index (χ1v) is 7.99. The molecule has 4 nitrogen and oxygen atoms in total. The van der Waals surface area contributed by atoms with Gasteiger partial charge in [-0.05, 0) is 47.0 Å². The average molecular weight is 344 g/mol. The molecule has 3 aromatic carbocycles. The van der Waals surface area contributed by atoms with Crippen molar-refractivity contribution >= 4 is 17.8 Å². The van der Waals surface area contributed by atoms with Gasteiger partial charge < -0.3 is 10.2 Å². The summed E-state index contributed by atoms with van der Waals surface area (Å²) in [5.41, 5.74) is 2.87. The van der Waals surface area contributed by atoms with Gasteiger partial charge in [0, 0.05) is 0 Å². The molecule has 0 amide bonds. The van der Waals surface area contributed by atoms with Crippen LogP contribution in [0.4, 0.5) is 0 Å². The second-order valence-electron chi connectivity index (χ2n) is 5.72. The molecule has 0 unspecified atom stereocenters. The number of carbonyl (C=O) groups is 2. The fraction of sp³-hybridized carbons (Fsp3) is 0. The molecule has 0 heterocycles. The number of carboxylic acids is 1. The van der Waals surface area contributed by atoms with E-state index in [9.17, 15) is 14.7 Å². The van der Waals surface area contributed by atoms with Crippen LogP contribution < -0.4 is 0 Å². The molecule has 26 heavy (non-hydrogen) atoms. The number of benzene rings is 3. The van der Waals surface area contributed by atoms with Crippen molar-refractivity contribution in [2.45, 2.75) is 0 Å². The van der Waals surface area contributed by atoms with Crippen LogP contribution in [0.15, 0.2) is 78.9 Å². The smallest absolute Gasteiger partial charge is 0.335 e. The highest BCUT2D eigenvalue weighted by molar-refractivity contribution is 6.08. The highest BCUT2D eigenvalue weighted by atomic mass is 16.4. The lowest BCUT2D eigenvalue weighted by Crippen LogP contribution is -1.96. The molecule has 0 radical (unpaired) electrons. The molecular weight excluding hydrogens is 328 g/mol. The highest BCUT2D eigenvalue weighted by Crippen LogP contribution is 2.27. The van der Waals surface area contributed by atoms with Crippen LogP contribution in [0.1, 0.15) is 26.3 Å². The first-order chi connectivity index (χ1) is 12.5. The summed E-state index contributed by atoms with van der Waals surface area (Å²) in [5, 5.41) is 19.1. The summed E-state index contributed by atoms with van der Waals surface area (Å²) < 4.78 is 0. The van der Waals surface area contributed by atoms with Crippen LogP contribution in [0.3, 0.4) is 0 Å². The van der Waals surface area contributed by atoms with Crippen molar-refractivity contribution in [2.24, 2.45) is 0 Å². The third-order valence-corrected chi connectivity index (χ3v) is 3.96. The molecule has 0 atom stereocenters. The molecule has 0 fully saturated rings. The topological polar surface area (TPSA) is 74.6 Å². The first kappa shape index (κ1) is 17.2. The summed E-state index contributed by atoms with van der Waals surface area (Å²) in [7, 11) is 0. The Morgan fingerprint density at radius 3 is 2.12 bits per heavy atom. The monoisotopic (exact) mass is 344 g/mol. The summed E-state index contributed by atoms with van der Waals surface area (Å²) in [6, 6.07) is 20.7. The van der Waals surface area contributed by atoms with E-state index in [2.05, 4.69) is 0 Å². The van der Waals surface area contributed by atoms with E-state index in [1.807, 2.05) is 30.3 Å². The molecule has 3 aromatic rings. The molecule has 0 aliphatic carbocycles. The third kappa shape index (κ3) is 3.87. The highest BCUT2D eigenvalue weighted by Gasteiger charge is 2.10. The van der Waals surface area contributed by atoms with Crippen molar-refractivity contribution < 1.29 is 19.8 Å². The second-order valence-corrected chi connectivity index (χ2v) is 5.72. The van der Waals surface area contributed by atoms with Gasteiger partial charge in [-0.15, -0.1) is 0 Å². The summed E-state index contributed by atoms with van der Waals surface area (Å²) in [6.07, 6.45) is 2.94. The van der Waals surface area contributed by atoms with E-state index in [4.69, 9.17) is 5.11 Å². The summed E-state index contributed by atoms with van der Waals surface area (Å²) in [6.45, 7) is 0. The Morgan fingerprint density at radius 2 is 1.50 bits per heavy atom. The zero-order valence-corrected chi connectivity index (χ0v) is 13.8. The van der Waals surface area contributed by atoms with Gasteiger partial charge in [0.15, 0.2) is 5.78 Å². The number of rotatable bonds is 5. The fourth-order valence-electron chi connectivity index (χ4n) is 2.55. The molecule has 0 saturated carbocycles. The largest absolute Gasteiger partial charge is 0.507 e. The van der Waals surface area contributed by atoms with E-state index in [1.165, 1.54) is 18.2 Å². The lowest BCUT2D eigenvalue weighted by Gasteiger charge is -2.05. The maximum absolute atomic E-state index is 12.3. The van der Waals surface area contributed by atoms with E-state index in [0.29, 0.717) is 5.56 Å². The van der Waals surface area contributed by atoms with Crippen molar-refractivity contribution in [2.75, 3.05) is 0 Å². The van der Waals surface area contributed by atoms with E-state index in [0.717, 1.165) is 11.1 Å². The first-order valence-electron chi connectivity index (χ1n) is 7.99. The van der Waals surface area contributed by atoms with Gasteiger partial charge in [-0.2, -0.15) is 0 Å². The molecule has 0 saturated heterocycles. The van der Waals surface area contributed by atoms with Crippen molar-refractivity contribution in [3.05, 3.63) is 95.6 Å². The Morgan fingerprint density at radius 1 is 0.808 bits per heavy atom. The summed E-state index contributed by atoms with van der Waals surface area (Å²) in [5.74, 6) is -1.41. The Balaban J connectivity index is 1.78. The van der Waals surface area contributed by atoms with Crippen LogP contribution in [-0.2, 0) is 0 Å². The van der Waals surface area contributed by atoms with Gasteiger partial charge >= 0.3 is 5.97 Å². The van der Waals surface area contributed by atoms with Gasteiger partial charge in [0.25, 0.3) is 0 Å². The minimum Gasteiger partial charge on any atom is -0.507 e. The predicted octanol–water partition coefficient (Wildman–Crippen LogP) is 4.65. The number of hydrogen-bond donors (Lipinski definition) is 2. The number of ketones is 1. The maximum Gasteiger partial charge on any atom is 0.335 e. The number of aromatic hydroxyl groups is 1. The van der Waals surface area contributed by atoms with E-state index < -0.39 is 5.97 Å². The standard InChI is InChI=1S/C22H16O4/c23-20(13-8-15-6-9-17(10-7-15)22(25)26)19-12-11-18(14-21(19)24)16-4-2-1-3-5-16/h1-14,24H,(H,25,26)/b13-8+. The van der Waals surface area contributed by atoms with Crippen molar-refractivity contribution in [1.82, 2.24) is 0 Å². The van der Waals surface area contributed by atoms with Crippen LogP contribution in [0.5, 0.6) is 5.75 Å². The molecule has 0 spiro atoms. The molecular formula is C22H16O4. The summed E-state index contributed by atoms with van der Waals surface area (Å²) in [4.78, 5) is 23.2. The van der Waals surface area contributed by atoms with Crippen molar-refractivity contribution in [1.29, 1.82) is 0 Å². The SMILES string of the molecule is O=C(O)c1ccc(/C=C/C(=O)c2ccc(-c3ccccc3)cc2O)cc1. The number of carboxylic acid groups (broad SMARTS) is 1. The Labute approximate surface area is 150 Å². The van der Waals surface area contributed by atoms with Crippen LogP contribution in [-0.4, -0.2) is 22.0 Å². The van der Waals surface area contributed by atoms with Gasteiger partial charge in [-0.25, -0.2) is 4.79 Å². The van der Waals surface area contributed by atoms with Crippen LogP contribution >= 0.6 is 0 Å². The van der Waals surface area contributed by atoms with Gasteiger partial charge in [0.05, 0.1) is 11.1 Å². The number of phenols is 1. The zero-order valence-electron chi connectivity index (χ0n) is 13.8. The predicted molar refractivity (Wildman–Crippen MR) is 100 cm³/mol. The van der Waals surface area contributed by atoms with Gasteiger partial charge in [-0.3, -0.25) is 4.79 Å². The Bertz CT molecular complexity index is 971. The fourth-order valence-corrected chi connectivity index (χ4v) is 2.55. The normalized spacial score (nSPS) is 10.8. The molecule has 0 bridgehead atoms. The van der Waals surface area contributed by atoms with Crippen LogP contribution in [0.2, 0.25) is 0 Å². The number of carbonyl (C=O) groups excluding carboxylic acids is 1. The van der Waals surface area contributed by atoms with Gasteiger partial charge in [0.2, 0.25) is 0 Å². The second kappa shape index (κ2) is 7.49. The van der Waals surface area contributed by atoms with Crippen molar-refractivity contribution in [3.63, 3.8) is 0 Å². The minimum atomic E-state index is -1.000. The number of hydrogen-bond acceptors (Lipinski definition) is 3. The Hall–Kier alpha value is -3.66. The van der Waals surface area contributed by atoms with Crippen LogP contribution in [0.25, 0.3) is 17.2 Å².